The van der Waals surface area contributed by atoms with E-state index in [1.165, 1.54) is 0 Å². The normalized spacial score (nSPS) is 15.0. The van der Waals surface area contributed by atoms with Crippen LogP contribution in [0, 0.1) is 6.92 Å². The van der Waals surface area contributed by atoms with Gasteiger partial charge in [-0.3, -0.25) is 9.78 Å². The summed E-state index contributed by atoms with van der Waals surface area (Å²) in [6, 6.07) is 9.24. The number of hydrogen-bond acceptors (Lipinski definition) is 3. The zero-order valence-electron chi connectivity index (χ0n) is 15.2. The molecule has 0 spiro atoms. The van der Waals surface area contributed by atoms with E-state index in [4.69, 9.17) is 0 Å². The molecule has 1 aromatic heterocycles. The number of aromatic nitrogens is 1. The van der Waals surface area contributed by atoms with Crippen LogP contribution in [0.5, 0.6) is 0 Å². The largest absolute Gasteiger partial charge is 0.335 e. The van der Waals surface area contributed by atoms with Gasteiger partial charge in [-0.2, -0.15) is 0 Å². The minimum atomic E-state index is -0.245. The molecule has 6 heteroatoms. The van der Waals surface area contributed by atoms with Crippen molar-refractivity contribution in [2.75, 3.05) is 16.8 Å². The molecule has 1 aliphatic heterocycles. The lowest BCUT2D eigenvalue weighted by Gasteiger charge is -2.19. The molecule has 6 nitrogen and oxygen atoms in total. The monoisotopic (exact) mass is 352 g/mol. The zero-order valence-corrected chi connectivity index (χ0v) is 15.2. The van der Waals surface area contributed by atoms with E-state index in [2.05, 4.69) is 15.6 Å². The molecule has 0 radical (unpaired) electrons. The maximum atomic E-state index is 12.2. The van der Waals surface area contributed by atoms with Gasteiger partial charge in [0, 0.05) is 42.8 Å². The van der Waals surface area contributed by atoms with Crippen molar-refractivity contribution in [3.63, 3.8) is 0 Å². The van der Waals surface area contributed by atoms with Crippen LogP contribution < -0.4 is 15.5 Å². The molecule has 3 amide bonds. The molecule has 0 saturated carbocycles. The summed E-state index contributed by atoms with van der Waals surface area (Å²) >= 11 is 0. The number of carbonyl (C=O) groups excluding carboxylic acids is 2. The molecule has 3 rings (SSSR count). The summed E-state index contributed by atoms with van der Waals surface area (Å²) in [6.45, 7) is 4.67. The zero-order chi connectivity index (χ0) is 18.5. The predicted octanol–water partition coefficient (Wildman–Crippen LogP) is 3.27. The molecule has 26 heavy (non-hydrogen) atoms. The average molecular weight is 352 g/mol. The van der Waals surface area contributed by atoms with Crippen molar-refractivity contribution >= 4 is 23.3 Å². The Kier molecular flexibility index (Phi) is 5.51. The van der Waals surface area contributed by atoms with Gasteiger partial charge < -0.3 is 15.5 Å². The van der Waals surface area contributed by atoms with Gasteiger partial charge in [-0.25, -0.2) is 4.79 Å². The van der Waals surface area contributed by atoms with Gasteiger partial charge in [-0.15, -0.1) is 0 Å². The number of nitrogens with one attached hydrogen (secondary N) is 2. The summed E-state index contributed by atoms with van der Waals surface area (Å²) in [5.41, 5.74) is 3.68. The molecule has 0 aliphatic carbocycles. The van der Waals surface area contributed by atoms with E-state index < -0.39 is 0 Å². The van der Waals surface area contributed by atoms with Crippen LogP contribution in [0.1, 0.15) is 30.9 Å². The fraction of sp³-hybridized carbons (Fsp3) is 0.350. The number of pyridine rings is 1. The highest BCUT2D eigenvalue weighted by Gasteiger charge is 2.23. The highest BCUT2D eigenvalue weighted by molar-refractivity contribution is 5.96. The smallest absolute Gasteiger partial charge is 0.319 e. The molecule has 136 valence electrons. The molecule has 1 aliphatic rings. The standard InChI is InChI=1S/C20H24N4O2/c1-14-11-17(7-8-18(14)24-10-4-6-19(24)25)23-20(26)22-15(2)12-16-5-3-9-21-13-16/h3,5,7-9,11,13,15H,4,6,10,12H2,1-2H3,(H2,22,23,26). The van der Waals surface area contributed by atoms with Crippen LogP contribution in [0.15, 0.2) is 42.7 Å². The maximum Gasteiger partial charge on any atom is 0.319 e. The van der Waals surface area contributed by atoms with Crippen LogP contribution in [0.3, 0.4) is 0 Å². The Balaban J connectivity index is 1.57. The van der Waals surface area contributed by atoms with E-state index in [0.29, 0.717) is 12.1 Å². The number of amides is 3. The van der Waals surface area contributed by atoms with E-state index >= 15 is 0 Å². The van der Waals surface area contributed by atoms with Gasteiger partial charge in [0.15, 0.2) is 0 Å². The Morgan fingerprint density at radius 2 is 2.19 bits per heavy atom. The van der Waals surface area contributed by atoms with Gasteiger partial charge in [0.25, 0.3) is 0 Å². The minimum Gasteiger partial charge on any atom is -0.335 e. The first kappa shape index (κ1) is 17.9. The molecule has 2 heterocycles. The summed E-state index contributed by atoms with van der Waals surface area (Å²) < 4.78 is 0. The fourth-order valence-electron chi connectivity index (χ4n) is 3.25. The third-order valence-corrected chi connectivity index (χ3v) is 4.46. The van der Waals surface area contributed by atoms with Crippen LogP contribution in [0.25, 0.3) is 0 Å². The van der Waals surface area contributed by atoms with Crippen molar-refractivity contribution in [3.05, 3.63) is 53.9 Å². The van der Waals surface area contributed by atoms with Crippen molar-refractivity contribution in [1.82, 2.24) is 10.3 Å². The highest BCUT2D eigenvalue weighted by Crippen LogP contribution is 2.27. The summed E-state index contributed by atoms with van der Waals surface area (Å²) in [5, 5.41) is 5.79. The molecule has 0 bridgehead atoms. The van der Waals surface area contributed by atoms with E-state index in [1.807, 2.05) is 49.1 Å². The second kappa shape index (κ2) is 7.99. The van der Waals surface area contributed by atoms with E-state index in [9.17, 15) is 9.59 Å². The number of benzene rings is 1. The molecule has 1 aromatic carbocycles. The Labute approximate surface area is 153 Å². The number of urea groups is 1. The van der Waals surface area contributed by atoms with Gasteiger partial charge >= 0.3 is 6.03 Å². The van der Waals surface area contributed by atoms with Crippen LogP contribution in [-0.2, 0) is 11.2 Å². The molecule has 1 unspecified atom stereocenters. The topological polar surface area (TPSA) is 74.3 Å². The number of rotatable bonds is 5. The number of nitrogens with zero attached hydrogens (tertiary/aromatic N) is 2. The number of anilines is 2. The van der Waals surface area contributed by atoms with Crippen molar-refractivity contribution < 1.29 is 9.59 Å². The molecule has 2 aromatic rings. The first-order chi connectivity index (χ1) is 12.5. The average Bonchev–Trinajstić information content (AvgIpc) is 3.01. The van der Waals surface area contributed by atoms with Crippen LogP contribution >= 0.6 is 0 Å². The van der Waals surface area contributed by atoms with Crippen molar-refractivity contribution in [2.24, 2.45) is 0 Å². The Bertz CT molecular complexity index is 792. The third kappa shape index (κ3) is 4.39. The second-order valence-corrected chi connectivity index (χ2v) is 6.72. The molecular formula is C20H24N4O2. The SMILES string of the molecule is Cc1cc(NC(=O)NC(C)Cc2cccnc2)ccc1N1CCCC1=O. The van der Waals surface area contributed by atoms with Crippen LogP contribution in [-0.4, -0.2) is 29.5 Å². The number of hydrogen-bond donors (Lipinski definition) is 2. The molecule has 1 fully saturated rings. The predicted molar refractivity (Wildman–Crippen MR) is 102 cm³/mol. The number of carbonyl (C=O) groups is 2. The summed E-state index contributed by atoms with van der Waals surface area (Å²) in [6.07, 6.45) is 5.76. The molecule has 1 atom stereocenters. The summed E-state index contributed by atoms with van der Waals surface area (Å²) in [7, 11) is 0. The highest BCUT2D eigenvalue weighted by atomic mass is 16.2. The lowest BCUT2D eigenvalue weighted by Crippen LogP contribution is -2.37. The lowest BCUT2D eigenvalue weighted by molar-refractivity contribution is -0.117. The second-order valence-electron chi connectivity index (χ2n) is 6.72. The maximum absolute atomic E-state index is 12.2. The van der Waals surface area contributed by atoms with Gasteiger partial charge in [0.1, 0.15) is 0 Å². The third-order valence-electron chi connectivity index (χ3n) is 4.46. The number of aryl methyl sites for hydroxylation is 1. The van der Waals surface area contributed by atoms with E-state index in [-0.39, 0.29) is 18.0 Å². The summed E-state index contributed by atoms with van der Waals surface area (Å²) in [4.78, 5) is 30.0. The quantitative estimate of drug-likeness (QED) is 0.867. The van der Waals surface area contributed by atoms with Gasteiger partial charge in [0.05, 0.1) is 0 Å². The van der Waals surface area contributed by atoms with Gasteiger partial charge in [-0.05, 0) is 62.1 Å². The first-order valence-corrected chi connectivity index (χ1v) is 8.90. The van der Waals surface area contributed by atoms with Crippen molar-refractivity contribution in [2.45, 2.75) is 39.2 Å². The molecule has 1 saturated heterocycles. The van der Waals surface area contributed by atoms with Crippen molar-refractivity contribution in [3.8, 4) is 0 Å². The minimum absolute atomic E-state index is 0.0122. The van der Waals surface area contributed by atoms with Crippen molar-refractivity contribution in [1.29, 1.82) is 0 Å². The molecular weight excluding hydrogens is 328 g/mol. The lowest BCUT2D eigenvalue weighted by atomic mass is 10.1. The fourth-order valence-corrected chi connectivity index (χ4v) is 3.25. The molecule has 2 N–H and O–H groups in total. The Morgan fingerprint density at radius 3 is 2.85 bits per heavy atom. The van der Waals surface area contributed by atoms with E-state index in [0.717, 1.165) is 36.2 Å². The Morgan fingerprint density at radius 1 is 1.35 bits per heavy atom. The van der Waals surface area contributed by atoms with Gasteiger partial charge in [-0.1, -0.05) is 6.07 Å². The van der Waals surface area contributed by atoms with E-state index in [1.54, 1.807) is 12.4 Å². The first-order valence-electron chi connectivity index (χ1n) is 8.90. The van der Waals surface area contributed by atoms with Crippen LogP contribution in [0.2, 0.25) is 0 Å². The van der Waals surface area contributed by atoms with Gasteiger partial charge in [0.2, 0.25) is 5.91 Å². The van der Waals surface area contributed by atoms with Crippen LogP contribution in [0.4, 0.5) is 16.2 Å². The Hall–Kier alpha value is -2.89. The summed E-state index contributed by atoms with van der Waals surface area (Å²) in [5.74, 6) is 0.163.